The molecule has 0 aliphatic rings. The smallest absolute Gasteiger partial charge is 0.240 e. The molecule has 0 unspecified atom stereocenters. The Morgan fingerprint density at radius 1 is 1.03 bits per heavy atom. The molecule has 8 heteroatoms. The first kappa shape index (κ1) is 20.8. The average Bonchev–Trinajstić information content (AvgIpc) is 3.10. The molecule has 0 saturated carbocycles. The number of hydrogen-bond donors (Lipinski definition) is 2. The molecule has 1 heterocycles. The molecule has 2 amide bonds. The van der Waals surface area contributed by atoms with Crippen molar-refractivity contribution >= 4 is 44.2 Å². The summed E-state index contributed by atoms with van der Waals surface area (Å²) in [6, 6.07) is 15.0. The molecule has 0 fully saturated rings. The van der Waals surface area contributed by atoms with E-state index in [1.807, 2.05) is 48.2 Å². The van der Waals surface area contributed by atoms with Crippen LogP contribution in [0.3, 0.4) is 0 Å². The van der Waals surface area contributed by atoms with Gasteiger partial charge in [0, 0.05) is 0 Å². The van der Waals surface area contributed by atoms with Gasteiger partial charge in [0.25, 0.3) is 0 Å². The lowest BCUT2D eigenvalue weighted by Crippen LogP contribution is -2.39. The molecule has 0 atom stereocenters. The van der Waals surface area contributed by atoms with Crippen LogP contribution in [-0.4, -0.2) is 48.4 Å². The number of amides is 2. The first-order valence-corrected chi connectivity index (χ1v) is 10.2. The van der Waals surface area contributed by atoms with E-state index in [0.717, 1.165) is 16.6 Å². The van der Waals surface area contributed by atoms with Gasteiger partial charge in [0.15, 0.2) is 5.13 Å². The van der Waals surface area contributed by atoms with Crippen molar-refractivity contribution in [2.75, 3.05) is 37.4 Å². The van der Waals surface area contributed by atoms with Crippen LogP contribution in [0.15, 0.2) is 48.5 Å². The lowest BCUT2D eigenvalue weighted by Gasteiger charge is -2.20. The number of thiazole rings is 1. The standard InChI is InChI=1S/C21H24N4O3S/c1-3-12-25(13-19(26)22-15-8-4-6-10-17(15)28-2)14-20(27)24-21-23-16-9-5-7-11-18(16)29-21/h4-11H,3,12-14H2,1-2H3,(H,22,26)(H,23,24,27). The number of fused-ring (bicyclic) bond motifs is 1. The van der Waals surface area contributed by atoms with Crippen molar-refractivity contribution in [3.63, 3.8) is 0 Å². The molecule has 29 heavy (non-hydrogen) atoms. The maximum Gasteiger partial charge on any atom is 0.240 e. The predicted octanol–water partition coefficient (Wildman–Crippen LogP) is 3.59. The minimum Gasteiger partial charge on any atom is -0.495 e. The van der Waals surface area contributed by atoms with Gasteiger partial charge in [-0.15, -0.1) is 0 Å². The van der Waals surface area contributed by atoms with Crippen LogP contribution in [0.2, 0.25) is 0 Å². The highest BCUT2D eigenvalue weighted by Gasteiger charge is 2.16. The molecule has 3 aromatic rings. The van der Waals surface area contributed by atoms with Crippen molar-refractivity contribution < 1.29 is 14.3 Å². The molecule has 0 saturated heterocycles. The molecule has 2 N–H and O–H groups in total. The van der Waals surface area contributed by atoms with Crippen LogP contribution in [0.4, 0.5) is 10.8 Å². The third-order valence-electron chi connectivity index (χ3n) is 4.20. The number of hydrogen-bond acceptors (Lipinski definition) is 6. The number of carbonyl (C=O) groups is 2. The number of rotatable bonds is 9. The lowest BCUT2D eigenvalue weighted by molar-refractivity contribution is -0.120. The molecule has 0 spiro atoms. The maximum absolute atomic E-state index is 12.5. The normalized spacial score (nSPS) is 10.9. The second-order valence-corrected chi connectivity index (χ2v) is 7.52. The second kappa shape index (κ2) is 9.99. The number of carbonyl (C=O) groups excluding carboxylic acids is 2. The average molecular weight is 413 g/mol. The van der Waals surface area contributed by atoms with Gasteiger partial charge < -0.3 is 15.4 Å². The Bertz CT molecular complexity index is 956. The summed E-state index contributed by atoms with van der Waals surface area (Å²) in [5.74, 6) is 0.204. The van der Waals surface area contributed by atoms with E-state index >= 15 is 0 Å². The summed E-state index contributed by atoms with van der Waals surface area (Å²) in [5.41, 5.74) is 1.46. The number of nitrogens with one attached hydrogen (secondary N) is 2. The van der Waals surface area contributed by atoms with Crippen molar-refractivity contribution in [3.05, 3.63) is 48.5 Å². The van der Waals surface area contributed by atoms with Crippen molar-refractivity contribution in [2.45, 2.75) is 13.3 Å². The topological polar surface area (TPSA) is 83.6 Å². The minimum absolute atomic E-state index is 0.110. The molecule has 1 aromatic heterocycles. The van der Waals surface area contributed by atoms with Crippen LogP contribution < -0.4 is 15.4 Å². The van der Waals surface area contributed by atoms with Crippen LogP contribution in [0, 0.1) is 0 Å². The molecular formula is C21H24N4O3S. The van der Waals surface area contributed by atoms with Gasteiger partial charge in [-0.1, -0.05) is 42.5 Å². The Morgan fingerprint density at radius 2 is 1.72 bits per heavy atom. The molecule has 152 valence electrons. The highest BCUT2D eigenvalue weighted by atomic mass is 32.1. The number of para-hydroxylation sites is 3. The van der Waals surface area contributed by atoms with Gasteiger partial charge in [-0.3, -0.25) is 14.5 Å². The van der Waals surface area contributed by atoms with E-state index in [1.165, 1.54) is 11.3 Å². The summed E-state index contributed by atoms with van der Waals surface area (Å²) >= 11 is 1.43. The zero-order valence-electron chi connectivity index (χ0n) is 16.5. The van der Waals surface area contributed by atoms with Gasteiger partial charge in [-0.2, -0.15) is 0 Å². The number of nitrogens with zero attached hydrogens (tertiary/aromatic N) is 2. The van der Waals surface area contributed by atoms with Crippen LogP contribution in [0.25, 0.3) is 10.2 Å². The summed E-state index contributed by atoms with van der Waals surface area (Å²) < 4.78 is 6.27. The Labute approximate surface area is 173 Å². The fourth-order valence-electron chi connectivity index (χ4n) is 2.96. The summed E-state index contributed by atoms with van der Waals surface area (Å²) in [6.45, 7) is 2.87. The molecule has 0 aliphatic heterocycles. The van der Waals surface area contributed by atoms with Crippen molar-refractivity contribution in [2.24, 2.45) is 0 Å². The lowest BCUT2D eigenvalue weighted by atomic mass is 10.3. The SMILES string of the molecule is CCCN(CC(=O)Nc1nc2ccccc2s1)CC(=O)Nc1ccccc1OC. The molecular weight excluding hydrogens is 388 g/mol. The number of aromatic nitrogens is 1. The molecule has 0 bridgehead atoms. The quantitative estimate of drug-likeness (QED) is 0.561. The number of benzene rings is 2. The Balaban J connectivity index is 1.58. The van der Waals surface area contributed by atoms with Gasteiger partial charge in [-0.05, 0) is 37.2 Å². The molecule has 0 aliphatic carbocycles. The van der Waals surface area contributed by atoms with Crippen LogP contribution >= 0.6 is 11.3 Å². The minimum atomic E-state index is -0.198. The predicted molar refractivity (Wildman–Crippen MR) is 117 cm³/mol. The van der Waals surface area contributed by atoms with Gasteiger partial charge >= 0.3 is 0 Å². The third-order valence-corrected chi connectivity index (χ3v) is 5.15. The summed E-state index contributed by atoms with van der Waals surface area (Å²) in [4.78, 5) is 31.2. The van der Waals surface area contributed by atoms with Gasteiger partial charge in [0.2, 0.25) is 11.8 Å². The summed E-state index contributed by atoms with van der Waals surface area (Å²) in [7, 11) is 1.56. The Hall–Kier alpha value is -2.97. The summed E-state index contributed by atoms with van der Waals surface area (Å²) in [5, 5.41) is 6.24. The first-order chi connectivity index (χ1) is 14.1. The van der Waals surface area contributed by atoms with E-state index in [4.69, 9.17) is 4.74 Å². The highest BCUT2D eigenvalue weighted by molar-refractivity contribution is 7.22. The molecule has 0 radical (unpaired) electrons. The number of methoxy groups -OCH3 is 1. The van der Waals surface area contributed by atoms with E-state index in [2.05, 4.69) is 15.6 Å². The highest BCUT2D eigenvalue weighted by Crippen LogP contribution is 2.25. The zero-order valence-corrected chi connectivity index (χ0v) is 17.3. The first-order valence-electron chi connectivity index (χ1n) is 9.39. The van der Waals surface area contributed by atoms with Gasteiger partial charge in [0.1, 0.15) is 5.75 Å². The Kier molecular flexibility index (Phi) is 7.15. The molecule has 7 nitrogen and oxygen atoms in total. The van der Waals surface area contributed by atoms with Crippen LogP contribution in [-0.2, 0) is 9.59 Å². The molecule has 2 aromatic carbocycles. The fraction of sp³-hybridized carbons (Fsp3) is 0.286. The van der Waals surface area contributed by atoms with E-state index < -0.39 is 0 Å². The van der Waals surface area contributed by atoms with Crippen molar-refractivity contribution in [1.82, 2.24) is 9.88 Å². The van der Waals surface area contributed by atoms with Crippen molar-refractivity contribution in [1.29, 1.82) is 0 Å². The van der Waals surface area contributed by atoms with E-state index in [1.54, 1.807) is 19.2 Å². The van der Waals surface area contributed by atoms with E-state index in [0.29, 0.717) is 23.1 Å². The van der Waals surface area contributed by atoms with Crippen molar-refractivity contribution in [3.8, 4) is 5.75 Å². The van der Waals surface area contributed by atoms with Gasteiger partial charge in [0.05, 0.1) is 36.1 Å². The summed E-state index contributed by atoms with van der Waals surface area (Å²) in [6.07, 6.45) is 0.830. The van der Waals surface area contributed by atoms with Gasteiger partial charge in [-0.25, -0.2) is 4.98 Å². The fourth-order valence-corrected chi connectivity index (χ4v) is 3.84. The third kappa shape index (κ3) is 5.75. The van der Waals surface area contributed by atoms with Crippen LogP contribution in [0.1, 0.15) is 13.3 Å². The molecule has 3 rings (SSSR count). The second-order valence-electron chi connectivity index (χ2n) is 6.49. The monoisotopic (exact) mass is 412 g/mol. The zero-order chi connectivity index (χ0) is 20.6. The number of ether oxygens (including phenoxy) is 1. The van der Waals surface area contributed by atoms with E-state index in [-0.39, 0.29) is 24.9 Å². The maximum atomic E-state index is 12.5. The van der Waals surface area contributed by atoms with E-state index in [9.17, 15) is 9.59 Å². The number of anilines is 2. The Morgan fingerprint density at radius 3 is 2.45 bits per heavy atom. The van der Waals surface area contributed by atoms with Crippen LogP contribution in [0.5, 0.6) is 5.75 Å². The largest absolute Gasteiger partial charge is 0.495 e.